The van der Waals surface area contributed by atoms with Crippen molar-refractivity contribution < 1.29 is 4.52 Å². The maximum atomic E-state index is 5.46. The molecule has 1 N–H and O–H groups in total. The highest BCUT2D eigenvalue weighted by Gasteiger charge is 2.23. The normalized spacial score (nSPS) is 26.0. The SMILES string of the molecule is C1CCCN(c2noc(C3CCCNC3)n2)CC1. The molecule has 0 bridgehead atoms. The van der Waals surface area contributed by atoms with Crippen molar-refractivity contribution in [2.45, 2.75) is 44.4 Å². The van der Waals surface area contributed by atoms with E-state index in [2.05, 4.69) is 20.4 Å². The van der Waals surface area contributed by atoms with Crippen LogP contribution in [0.4, 0.5) is 5.95 Å². The van der Waals surface area contributed by atoms with E-state index in [1.54, 1.807) is 0 Å². The standard InChI is InChI=1S/C13H22N4O/c1-2-4-9-17(8-3-1)13-15-12(18-16-13)11-6-5-7-14-10-11/h11,14H,1-10H2. The molecule has 18 heavy (non-hydrogen) atoms. The number of piperidine rings is 1. The van der Waals surface area contributed by atoms with E-state index in [0.717, 1.165) is 44.4 Å². The minimum Gasteiger partial charge on any atom is -0.338 e. The number of anilines is 1. The molecule has 0 radical (unpaired) electrons. The zero-order chi connectivity index (χ0) is 12.2. The lowest BCUT2D eigenvalue weighted by Crippen LogP contribution is -2.28. The quantitative estimate of drug-likeness (QED) is 0.869. The molecule has 1 unspecified atom stereocenters. The van der Waals surface area contributed by atoms with Gasteiger partial charge in [0.2, 0.25) is 5.89 Å². The Kier molecular flexibility index (Phi) is 3.78. The van der Waals surface area contributed by atoms with Crippen LogP contribution in [0.2, 0.25) is 0 Å². The first-order valence-electron chi connectivity index (χ1n) is 7.23. The Morgan fingerprint density at radius 2 is 1.94 bits per heavy atom. The molecule has 2 saturated heterocycles. The van der Waals surface area contributed by atoms with Crippen molar-refractivity contribution in [1.29, 1.82) is 0 Å². The van der Waals surface area contributed by atoms with Crippen LogP contribution < -0.4 is 10.2 Å². The van der Waals surface area contributed by atoms with E-state index in [9.17, 15) is 0 Å². The van der Waals surface area contributed by atoms with Gasteiger partial charge in [0.25, 0.3) is 5.95 Å². The summed E-state index contributed by atoms with van der Waals surface area (Å²) >= 11 is 0. The Hall–Kier alpha value is -1.10. The molecule has 2 fully saturated rings. The fourth-order valence-electron chi connectivity index (χ4n) is 2.85. The summed E-state index contributed by atoms with van der Waals surface area (Å²) in [7, 11) is 0. The second-order valence-electron chi connectivity index (χ2n) is 5.38. The van der Waals surface area contributed by atoms with Crippen LogP contribution in [0.15, 0.2) is 4.52 Å². The van der Waals surface area contributed by atoms with Crippen molar-refractivity contribution in [1.82, 2.24) is 15.5 Å². The van der Waals surface area contributed by atoms with Gasteiger partial charge in [-0.15, -0.1) is 0 Å². The fourth-order valence-corrected chi connectivity index (χ4v) is 2.85. The van der Waals surface area contributed by atoms with Crippen LogP contribution in [0, 0.1) is 0 Å². The van der Waals surface area contributed by atoms with Crippen molar-refractivity contribution in [3.63, 3.8) is 0 Å². The number of hydrogen-bond acceptors (Lipinski definition) is 5. The molecular formula is C13H22N4O. The summed E-state index contributed by atoms with van der Waals surface area (Å²) in [6.45, 7) is 4.23. The third-order valence-electron chi connectivity index (χ3n) is 3.97. The Balaban J connectivity index is 1.67. The maximum absolute atomic E-state index is 5.46. The van der Waals surface area contributed by atoms with Crippen LogP contribution in [-0.2, 0) is 0 Å². The number of hydrogen-bond donors (Lipinski definition) is 1. The minimum atomic E-state index is 0.409. The monoisotopic (exact) mass is 250 g/mol. The first-order valence-corrected chi connectivity index (χ1v) is 7.23. The van der Waals surface area contributed by atoms with Gasteiger partial charge in [0, 0.05) is 19.6 Å². The summed E-state index contributed by atoms with van der Waals surface area (Å²) in [5, 5.41) is 7.56. The lowest BCUT2D eigenvalue weighted by molar-refractivity contribution is 0.322. The van der Waals surface area contributed by atoms with Gasteiger partial charge in [-0.3, -0.25) is 0 Å². The van der Waals surface area contributed by atoms with Crippen LogP contribution >= 0.6 is 0 Å². The highest BCUT2D eigenvalue weighted by Crippen LogP contribution is 2.24. The zero-order valence-corrected chi connectivity index (χ0v) is 10.9. The molecule has 0 amide bonds. The van der Waals surface area contributed by atoms with Crippen LogP contribution in [0.1, 0.15) is 50.3 Å². The molecule has 100 valence electrons. The number of aromatic nitrogens is 2. The summed E-state index contributed by atoms with van der Waals surface area (Å²) in [5.74, 6) is 2.03. The Morgan fingerprint density at radius 3 is 2.67 bits per heavy atom. The molecule has 3 heterocycles. The first kappa shape index (κ1) is 12.0. The van der Waals surface area contributed by atoms with Crippen LogP contribution in [0.25, 0.3) is 0 Å². The van der Waals surface area contributed by atoms with E-state index in [-0.39, 0.29) is 0 Å². The third-order valence-corrected chi connectivity index (χ3v) is 3.97. The number of nitrogens with one attached hydrogen (secondary N) is 1. The van der Waals surface area contributed by atoms with Crippen LogP contribution in [-0.4, -0.2) is 36.3 Å². The first-order chi connectivity index (χ1) is 8.93. The van der Waals surface area contributed by atoms with Gasteiger partial charge in [-0.25, -0.2) is 0 Å². The lowest BCUT2D eigenvalue weighted by Gasteiger charge is -2.19. The van der Waals surface area contributed by atoms with Gasteiger partial charge < -0.3 is 14.7 Å². The van der Waals surface area contributed by atoms with Crippen molar-refractivity contribution >= 4 is 5.95 Å². The molecule has 0 aromatic carbocycles. The molecule has 0 spiro atoms. The van der Waals surface area contributed by atoms with Crippen LogP contribution in [0.3, 0.4) is 0 Å². The predicted molar refractivity (Wildman–Crippen MR) is 69.8 cm³/mol. The third kappa shape index (κ3) is 2.66. The smallest absolute Gasteiger partial charge is 0.266 e. The minimum absolute atomic E-state index is 0.409. The maximum Gasteiger partial charge on any atom is 0.266 e. The molecule has 2 aliphatic heterocycles. The molecule has 3 rings (SSSR count). The Bertz CT molecular complexity index is 365. The molecule has 0 saturated carbocycles. The zero-order valence-electron chi connectivity index (χ0n) is 10.9. The fraction of sp³-hybridized carbons (Fsp3) is 0.846. The van der Waals surface area contributed by atoms with E-state index >= 15 is 0 Å². The molecule has 1 atom stereocenters. The molecule has 1 aromatic heterocycles. The Morgan fingerprint density at radius 1 is 1.11 bits per heavy atom. The Labute approximate surface area is 108 Å². The van der Waals surface area contributed by atoms with E-state index in [1.807, 2.05) is 0 Å². The van der Waals surface area contributed by atoms with Gasteiger partial charge >= 0.3 is 0 Å². The van der Waals surface area contributed by atoms with Gasteiger partial charge in [-0.1, -0.05) is 12.8 Å². The van der Waals surface area contributed by atoms with E-state index in [4.69, 9.17) is 4.52 Å². The summed E-state index contributed by atoms with van der Waals surface area (Å²) in [6, 6.07) is 0. The lowest BCUT2D eigenvalue weighted by atomic mass is 10.00. The van der Waals surface area contributed by atoms with Crippen LogP contribution in [0.5, 0.6) is 0 Å². The summed E-state index contributed by atoms with van der Waals surface area (Å²) < 4.78 is 5.46. The van der Waals surface area contributed by atoms with Crippen molar-refractivity contribution in [3.05, 3.63) is 5.89 Å². The number of nitrogens with zero attached hydrogens (tertiary/aromatic N) is 3. The molecule has 0 aliphatic carbocycles. The average molecular weight is 250 g/mol. The van der Waals surface area contributed by atoms with Crippen molar-refractivity contribution in [2.24, 2.45) is 0 Å². The van der Waals surface area contributed by atoms with Gasteiger partial charge in [0.15, 0.2) is 0 Å². The summed E-state index contributed by atoms with van der Waals surface area (Å²) in [5.41, 5.74) is 0. The molecule has 5 nitrogen and oxygen atoms in total. The summed E-state index contributed by atoms with van der Waals surface area (Å²) in [6.07, 6.45) is 7.51. The topological polar surface area (TPSA) is 54.2 Å². The second-order valence-corrected chi connectivity index (χ2v) is 5.38. The van der Waals surface area contributed by atoms with Crippen molar-refractivity contribution in [2.75, 3.05) is 31.1 Å². The van der Waals surface area contributed by atoms with Gasteiger partial charge in [0.05, 0.1) is 5.92 Å². The highest BCUT2D eigenvalue weighted by molar-refractivity contribution is 5.28. The van der Waals surface area contributed by atoms with E-state index in [1.165, 1.54) is 32.1 Å². The number of rotatable bonds is 2. The van der Waals surface area contributed by atoms with E-state index < -0.39 is 0 Å². The van der Waals surface area contributed by atoms with Crippen molar-refractivity contribution in [3.8, 4) is 0 Å². The average Bonchev–Trinajstić information content (AvgIpc) is 2.76. The second kappa shape index (κ2) is 5.69. The highest BCUT2D eigenvalue weighted by atomic mass is 16.5. The van der Waals surface area contributed by atoms with Gasteiger partial charge in [0.1, 0.15) is 0 Å². The van der Waals surface area contributed by atoms with Gasteiger partial charge in [-0.2, -0.15) is 4.98 Å². The predicted octanol–water partition coefficient (Wildman–Crippen LogP) is 1.92. The molecule has 1 aromatic rings. The molecule has 2 aliphatic rings. The molecular weight excluding hydrogens is 228 g/mol. The molecule has 5 heteroatoms. The van der Waals surface area contributed by atoms with E-state index in [0.29, 0.717) is 5.92 Å². The summed E-state index contributed by atoms with van der Waals surface area (Å²) in [4.78, 5) is 6.88. The van der Waals surface area contributed by atoms with Gasteiger partial charge in [-0.05, 0) is 37.4 Å². The largest absolute Gasteiger partial charge is 0.338 e.